The molecule has 190 valence electrons. The summed E-state index contributed by atoms with van der Waals surface area (Å²) in [6.07, 6.45) is -4.43. The molecular formula is C25H19ClF3N5O2S. The van der Waals surface area contributed by atoms with Gasteiger partial charge in [0.2, 0.25) is 11.0 Å². The number of nitrogens with zero attached hydrogens (tertiary/aromatic N) is 2. The third kappa shape index (κ3) is 7.28. The van der Waals surface area contributed by atoms with Gasteiger partial charge in [-0.1, -0.05) is 71.5 Å². The van der Waals surface area contributed by atoms with Gasteiger partial charge in [0.05, 0.1) is 5.56 Å². The van der Waals surface area contributed by atoms with E-state index in [4.69, 9.17) is 11.6 Å². The molecule has 1 atom stereocenters. The molecule has 12 heteroatoms. The van der Waals surface area contributed by atoms with Crippen molar-refractivity contribution in [3.63, 3.8) is 0 Å². The average molecular weight is 546 g/mol. The van der Waals surface area contributed by atoms with Crippen LogP contribution in [0.3, 0.4) is 0 Å². The zero-order valence-electron chi connectivity index (χ0n) is 18.9. The SMILES string of the molecule is O=C(Nc1cccc(C(F)(F)F)c1)N[C@H](Cc1ccccc1)C(=O)Nc1nnc(-c2cccc(Cl)c2)s1. The van der Waals surface area contributed by atoms with Crippen molar-refractivity contribution in [1.29, 1.82) is 0 Å². The zero-order valence-corrected chi connectivity index (χ0v) is 20.5. The van der Waals surface area contributed by atoms with Crippen molar-refractivity contribution in [2.24, 2.45) is 0 Å². The number of hydrogen-bond acceptors (Lipinski definition) is 5. The lowest BCUT2D eigenvalue weighted by Crippen LogP contribution is -2.46. The standard InChI is InChI=1S/C25H19ClF3N5O2S/c26-18-10-4-8-16(13-18)22-33-34-24(37-22)32-21(35)20(12-15-6-2-1-3-7-15)31-23(36)30-19-11-5-9-17(14-19)25(27,28)29/h1-11,13-14,20H,12H2,(H2,30,31,36)(H,32,34,35)/t20-/m1/s1. The van der Waals surface area contributed by atoms with Crippen molar-refractivity contribution < 1.29 is 22.8 Å². The lowest BCUT2D eigenvalue weighted by Gasteiger charge is -2.18. The van der Waals surface area contributed by atoms with E-state index in [-0.39, 0.29) is 17.2 Å². The third-order valence-electron chi connectivity index (χ3n) is 5.08. The van der Waals surface area contributed by atoms with Gasteiger partial charge in [-0.15, -0.1) is 10.2 Å². The van der Waals surface area contributed by atoms with E-state index in [9.17, 15) is 22.8 Å². The topological polar surface area (TPSA) is 96.0 Å². The predicted molar refractivity (Wildman–Crippen MR) is 137 cm³/mol. The highest BCUT2D eigenvalue weighted by Crippen LogP contribution is 2.31. The number of hydrogen-bond donors (Lipinski definition) is 3. The molecule has 7 nitrogen and oxygen atoms in total. The van der Waals surface area contributed by atoms with Gasteiger partial charge >= 0.3 is 12.2 Å². The summed E-state index contributed by atoms with van der Waals surface area (Å²) in [7, 11) is 0. The van der Waals surface area contributed by atoms with Crippen molar-refractivity contribution in [3.8, 4) is 10.6 Å². The number of amides is 3. The number of halogens is 4. The molecule has 4 aromatic rings. The molecule has 0 unspecified atom stereocenters. The maximum atomic E-state index is 13.1. The highest BCUT2D eigenvalue weighted by Gasteiger charge is 2.30. The van der Waals surface area contributed by atoms with Gasteiger partial charge in [-0.05, 0) is 35.9 Å². The van der Waals surface area contributed by atoms with Gasteiger partial charge in [0.25, 0.3) is 0 Å². The van der Waals surface area contributed by atoms with Gasteiger partial charge in [-0.3, -0.25) is 10.1 Å². The molecule has 1 heterocycles. The largest absolute Gasteiger partial charge is 0.416 e. The minimum atomic E-state index is -4.56. The maximum Gasteiger partial charge on any atom is 0.416 e. The summed E-state index contributed by atoms with van der Waals surface area (Å²) in [5.74, 6) is -0.572. The van der Waals surface area contributed by atoms with Gasteiger partial charge in [0, 0.05) is 22.7 Å². The van der Waals surface area contributed by atoms with Crippen LogP contribution >= 0.6 is 22.9 Å². The Morgan fingerprint density at radius 1 is 0.919 bits per heavy atom. The highest BCUT2D eigenvalue weighted by atomic mass is 35.5. The van der Waals surface area contributed by atoms with E-state index in [0.29, 0.717) is 10.0 Å². The molecule has 0 aliphatic carbocycles. The number of urea groups is 1. The van der Waals surface area contributed by atoms with Crippen LogP contribution in [0.1, 0.15) is 11.1 Å². The second-order valence-corrected chi connectivity index (χ2v) is 9.25. The van der Waals surface area contributed by atoms with Crippen LogP contribution < -0.4 is 16.0 Å². The van der Waals surface area contributed by atoms with Crippen LogP contribution in [0, 0.1) is 0 Å². The zero-order chi connectivity index (χ0) is 26.4. The molecule has 0 fully saturated rings. The molecule has 0 saturated carbocycles. The van der Waals surface area contributed by atoms with E-state index in [1.54, 1.807) is 48.5 Å². The Bertz CT molecular complexity index is 1400. The summed E-state index contributed by atoms with van der Waals surface area (Å²) >= 11 is 7.15. The fraction of sp³-hybridized carbons (Fsp3) is 0.120. The van der Waals surface area contributed by atoms with E-state index in [0.717, 1.165) is 34.6 Å². The number of benzene rings is 3. The monoisotopic (exact) mass is 545 g/mol. The Labute approximate surface area is 218 Å². The minimum absolute atomic E-state index is 0.0681. The molecule has 0 aliphatic rings. The summed E-state index contributed by atoms with van der Waals surface area (Å²) in [6.45, 7) is 0. The molecule has 0 spiro atoms. The van der Waals surface area contributed by atoms with Gasteiger partial charge in [-0.2, -0.15) is 13.2 Å². The molecule has 0 bridgehead atoms. The first-order valence-corrected chi connectivity index (χ1v) is 12.1. The van der Waals surface area contributed by atoms with E-state index in [1.807, 2.05) is 6.07 Å². The predicted octanol–water partition coefficient (Wildman–Crippen LogP) is 6.25. The Morgan fingerprint density at radius 2 is 1.68 bits per heavy atom. The second kappa shape index (κ2) is 11.4. The summed E-state index contributed by atoms with van der Waals surface area (Å²) in [5, 5.41) is 16.9. The van der Waals surface area contributed by atoms with Crippen molar-refractivity contribution in [2.75, 3.05) is 10.6 Å². The molecule has 0 aliphatic heterocycles. The van der Waals surface area contributed by atoms with Gasteiger partial charge in [0.15, 0.2) is 0 Å². The highest BCUT2D eigenvalue weighted by molar-refractivity contribution is 7.18. The van der Waals surface area contributed by atoms with Crippen LogP contribution in [-0.2, 0) is 17.4 Å². The normalized spacial score (nSPS) is 12.0. The van der Waals surface area contributed by atoms with Crippen LogP contribution in [0.5, 0.6) is 0 Å². The molecular weight excluding hydrogens is 527 g/mol. The Balaban J connectivity index is 1.48. The lowest BCUT2D eigenvalue weighted by molar-refractivity contribution is -0.137. The molecule has 4 rings (SSSR count). The number of carbonyl (C=O) groups is 2. The maximum absolute atomic E-state index is 13.1. The van der Waals surface area contributed by atoms with Crippen LogP contribution in [0.25, 0.3) is 10.6 Å². The first kappa shape index (κ1) is 26.1. The van der Waals surface area contributed by atoms with Gasteiger partial charge in [-0.25, -0.2) is 4.79 Å². The fourth-order valence-corrected chi connectivity index (χ4v) is 4.30. The second-order valence-electron chi connectivity index (χ2n) is 7.83. The third-order valence-corrected chi connectivity index (χ3v) is 6.20. The minimum Gasteiger partial charge on any atom is -0.326 e. The molecule has 37 heavy (non-hydrogen) atoms. The van der Waals surface area contributed by atoms with Crippen molar-refractivity contribution in [2.45, 2.75) is 18.6 Å². The van der Waals surface area contributed by atoms with E-state index in [2.05, 4.69) is 26.1 Å². The van der Waals surface area contributed by atoms with E-state index < -0.39 is 29.7 Å². The number of carbonyl (C=O) groups excluding carboxylic acids is 2. The number of anilines is 2. The molecule has 0 saturated heterocycles. The number of aromatic nitrogens is 2. The van der Waals surface area contributed by atoms with Gasteiger partial charge < -0.3 is 10.6 Å². The molecule has 0 radical (unpaired) electrons. The summed E-state index contributed by atoms with van der Waals surface area (Å²) in [4.78, 5) is 25.7. The van der Waals surface area contributed by atoms with Crippen molar-refractivity contribution in [3.05, 3.63) is 95.0 Å². The quantitative estimate of drug-likeness (QED) is 0.256. The van der Waals surface area contributed by atoms with Crippen LogP contribution in [0.15, 0.2) is 78.9 Å². The first-order valence-electron chi connectivity index (χ1n) is 10.9. The molecule has 3 amide bonds. The summed E-state index contributed by atoms with van der Waals surface area (Å²) in [6, 6.07) is 18.3. The van der Waals surface area contributed by atoms with E-state index >= 15 is 0 Å². The van der Waals surface area contributed by atoms with E-state index in [1.165, 1.54) is 12.1 Å². The summed E-state index contributed by atoms with van der Waals surface area (Å²) < 4.78 is 39.0. The molecule has 3 aromatic carbocycles. The number of rotatable bonds is 7. The Kier molecular flexibility index (Phi) is 8.04. The van der Waals surface area contributed by atoms with Crippen molar-refractivity contribution in [1.82, 2.24) is 15.5 Å². The van der Waals surface area contributed by atoms with Crippen LogP contribution in [-0.4, -0.2) is 28.2 Å². The molecule has 3 N–H and O–H groups in total. The number of alkyl halides is 3. The Hall–Kier alpha value is -3.96. The smallest absolute Gasteiger partial charge is 0.326 e. The summed E-state index contributed by atoms with van der Waals surface area (Å²) in [5.41, 5.74) is 0.515. The first-order chi connectivity index (χ1) is 17.7. The Morgan fingerprint density at radius 3 is 2.41 bits per heavy atom. The van der Waals surface area contributed by atoms with Crippen LogP contribution in [0.2, 0.25) is 5.02 Å². The number of nitrogens with one attached hydrogen (secondary N) is 3. The van der Waals surface area contributed by atoms with Crippen LogP contribution in [0.4, 0.5) is 28.8 Å². The fourth-order valence-electron chi connectivity index (χ4n) is 3.36. The van der Waals surface area contributed by atoms with Crippen molar-refractivity contribution >= 4 is 45.7 Å². The molecule has 1 aromatic heterocycles. The lowest BCUT2D eigenvalue weighted by atomic mass is 10.1. The average Bonchev–Trinajstić information content (AvgIpc) is 3.32. The van der Waals surface area contributed by atoms with Gasteiger partial charge in [0.1, 0.15) is 11.0 Å².